The number of nitro groups is 1. The van der Waals surface area contributed by atoms with Crippen LogP contribution in [-0.2, 0) is 0 Å². The predicted octanol–water partition coefficient (Wildman–Crippen LogP) is 2.21. The van der Waals surface area contributed by atoms with E-state index in [1.54, 1.807) is 12.1 Å². The molecule has 0 amide bonds. The van der Waals surface area contributed by atoms with Crippen molar-refractivity contribution in [3.63, 3.8) is 0 Å². The summed E-state index contributed by atoms with van der Waals surface area (Å²) in [6, 6.07) is 4.72. The van der Waals surface area contributed by atoms with Gasteiger partial charge in [0.05, 0.1) is 12.0 Å². The molecule has 12 heavy (non-hydrogen) atoms. The van der Waals surface area contributed by atoms with Crippen LogP contribution in [0.2, 0.25) is 0 Å². The van der Waals surface area contributed by atoms with Crippen LogP contribution in [0.1, 0.15) is 0 Å². The number of nitro benzene ring substituents is 1. The molecule has 0 aromatic heterocycles. The van der Waals surface area contributed by atoms with Gasteiger partial charge >= 0.3 is 5.69 Å². The van der Waals surface area contributed by atoms with Gasteiger partial charge in [-0.2, -0.15) is 0 Å². The minimum Gasteiger partial charge on any atom is -0.490 e. The first-order valence-corrected chi connectivity index (χ1v) is 4.21. The van der Waals surface area contributed by atoms with Crippen molar-refractivity contribution in [2.24, 2.45) is 0 Å². The molecule has 0 heterocycles. The van der Waals surface area contributed by atoms with Gasteiger partial charge in [0.1, 0.15) is 0 Å². The van der Waals surface area contributed by atoms with E-state index in [4.69, 9.17) is 4.74 Å². The molecule has 0 aliphatic carbocycles. The molecular weight excluding hydrogens is 273 g/mol. The van der Waals surface area contributed by atoms with Crippen LogP contribution < -0.4 is 4.74 Å². The van der Waals surface area contributed by atoms with Crippen molar-refractivity contribution in [3.05, 3.63) is 31.9 Å². The van der Waals surface area contributed by atoms with Gasteiger partial charge in [-0.1, -0.05) is 0 Å². The summed E-state index contributed by atoms with van der Waals surface area (Å²) in [5, 5.41) is 10.4. The number of rotatable bonds is 2. The molecule has 64 valence electrons. The summed E-state index contributed by atoms with van der Waals surface area (Å²) in [4.78, 5) is 9.95. The third kappa shape index (κ3) is 1.84. The highest BCUT2D eigenvalue weighted by Gasteiger charge is 2.13. The van der Waals surface area contributed by atoms with Crippen LogP contribution in [0, 0.1) is 13.7 Å². The highest BCUT2D eigenvalue weighted by Crippen LogP contribution is 2.27. The first-order valence-electron chi connectivity index (χ1n) is 3.13. The van der Waals surface area contributed by atoms with E-state index in [0.717, 1.165) is 3.57 Å². The molecular formula is C7H6INO3. The van der Waals surface area contributed by atoms with Gasteiger partial charge < -0.3 is 4.74 Å². The molecule has 4 nitrogen and oxygen atoms in total. The molecule has 0 N–H and O–H groups in total. The molecule has 0 saturated carbocycles. The third-order valence-electron chi connectivity index (χ3n) is 1.34. The molecule has 1 aromatic carbocycles. The van der Waals surface area contributed by atoms with E-state index in [1.165, 1.54) is 13.2 Å². The quantitative estimate of drug-likeness (QED) is 0.474. The van der Waals surface area contributed by atoms with Crippen LogP contribution in [0.4, 0.5) is 5.69 Å². The average molecular weight is 279 g/mol. The molecule has 1 aromatic rings. The Morgan fingerprint density at radius 1 is 1.58 bits per heavy atom. The van der Waals surface area contributed by atoms with E-state index < -0.39 is 4.92 Å². The zero-order valence-corrected chi connectivity index (χ0v) is 8.44. The van der Waals surface area contributed by atoms with E-state index in [0.29, 0.717) is 5.75 Å². The topological polar surface area (TPSA) is 52.4 Å². The Kier molecular flexibility index (Phi) is 2.85. The van der Waals surface area contributed by atoms with Gasteiger partial charge in [-0.3, -0.25) is 10.1 Å². The van der Waals surface area contributed by atoms with Crippen LogP contribution >= 0.6 is 22.6 Å². The Labute approximate surface area is 82.8 Å². The van der Waals surface area contributed by atoms with Gasteiger partial charge in [-0.15, -0.1) is 0 Å². The summed E-state index contributed by atoms with van der Waals surface area (Å²) in [6.45, 7) is 0. The fourth-order valence-electron chi connectivity index (χ4n) is 0.802. The molecule has 0 spiro atoms. The van der Waals surface area contributed by atoms with Crippen molar-refractivity contribution in [1.29, 1.82) is 0 Å². The smallest absolute Gasteiger partial charge is 0.310 e. The van der Waals surface area contributed by atoms with E-state index in [-0.39, 0.29) is 5.69 Å². The molecule has 1 rings (SSSR count). The average Bonchev–Trinajstić information content (AvgIpc) is 2.03. The number of hydrogen-bond donors (Lipinski definition) is 0. The van der Waals surface area contributed by atoms with Crippen molar-refractivity contribution < 1.29 is 9.66 Å². The lowest BCUT2D eigenvalue weighted by Crippen LogP contribution is -1.93. The SMILES string of the molecule is COc1cc(I)ccc1[N+](=O)[O-]. The van der Waals surface area contributed by atoms with Crippen LogP contribution in [-0.4, -0.2) is 12.0 Å². The van der Waals surface area contributed by atoms with Crippen molar-refractivity contribution >= 4 is 28.3 Å². The second-order valence-corrected chi connectivity index (χ2v) is 3.32. The van der Waals surface area contributed by atoms with E-state index in [1.807, 2.05) is 0 Å². The van der Waals surface area contributed by atoms with Crippen molar-refractivity contribution in [2.45, 2.75) is 0 Å². The summed E-state index contributed by atoms with van der Waals surface area (Å²) in [7, 11) is 1.42. The maximum atomic E-state index is 10.4. The molecule has 5 heteroatoms. The lowest BCUT2D eigenvalue weighted by atomic mass is 10.3. The maximum Gasteiger partial charge on any atom is 0.310 e. The number of benzene rings is 1. The summed E-state index contributed by atoms with van der Waals surface area (Å²) >= 11 is 2.07. The Balaban J connectivity index is 3.20. The normalized spacial score (nSPS) is 9.50. The molecule has 0 saturated heterocycles. The predicted molar refractivity (Wildman–Crippen MR) is 52.4 cm³/mol. The van der Waals surface area contributed by atoms with E-state index in [2.05, 4.69) is 22.6 Å². The molecule has 0 aliphatic heterocycles. The lowest BCUT2D eigenvalue weighted by molar-refractivity contribution is -0.385. The summed E-state index contributed by atoms with van der Waals surface area (Å²) < 4.78 is 5.75. The van der Waals surface area contributed by atoms with Gasteiger partial charge in [0.25, 0.3) is 0 Å². The standard InChI is InChI=1S/C7H6INO3/c1-12-7-4-5(8)2-3-6(7)9(10)11/h2-4H,1H3. The Morgan fingerprint density at radius 2 is 2.25 bits per heavy atom. The zero-order valence-electron chi connectivity index (χ0n) is 6.28. The number of halogens is 1. The van der Waals surface area contributed by atoms with Crippen molar-refractivity contribution in [3.8, 4) is 5.75 Å². The monoisotopic (exact) mass is 279 g/mol. The van der Waals surface area contributed by atoms with Crippen LogP contribution in [0.3, 0.4) is 0 Å². The fourth-order valence-corrected chi connectivity index (χ4v) is 1.26. The first kappa shape index (κ1) is 9.24. The zero-order chi connectivity index (χ0) is 9.14. The Morgan fingerprint density at radius 3 is 2.75 bits per heavy atom. The molecule has 0 bridgehead atoms. The summed E-state index contributed by atoms with van der Waals surface area (Å²) in [6.07, 6.45) is 0. The van der Waals surface area contributed by atoms with Crippen molar-refractivity contribution in [2.75, 3.05) is 7.11 Å². The minimum atomic E-state index is -0.463. The second-order valence-electron chi connectivity index (χ2n) is 2.07. The van der Waals surface area contributed by atoms with Crippen LogP contribution in [0.15, 0.2) is 18.2 Å². The second kappa shape index (κ2) is 3.70. The molecule has 0 aliphatic rings. The van der Waals surface area contributed by atoms with E-state index >= 15 is 0 Å². The van der Waals surface area contributed by atoms with Crippen LogP contribution in [0.25, 0.3) is 0 Å². The number of ether oxygens (including phenoxy) is 1. The number of methoxy groups -OCH3 is 1. The highest BCUT2D eigenvalue weighted by molar-refractivity contribution is 14.1. The van der Waals surface area contributed by atoms with Gasteiger partial charge in [0.2, 0.25) is 0 Å². The first-order chi connectivity index (χ1) is 5.65. The molecule has 0 fully saturated rings. The molecule has 0 radical (unpaired) electrons. The third-order valence-corrected chi connectivity index (χ3v) is 2.01. The Hall–Kier alpha value is -0.850. The minimum absolute atomic E-state index is 0.00193. The highest BCUT2D eigenvalue weighted by atomic mass is 127. The maximum absolute atomic E-state index is 10.4. The number of hydrogen-bond acceptors (Lipinski definition) is 3. The Bertz CT molecular complexity index is 314. The summed E-state index contributed by atoms with van der Waals surface area (Å²) in [5.74, 6) is 0.298. The van der Waals surface area contributed by atoms with Gasteiger partial charge in [-0.05, 0) is 28.7 Å². The lowest BCUT2D eigenvalue weighted by Gasteiger charge is -2.00. The van der Waals surface area contributed by atoms with Crippen molar-refractivity contribution in [1.82, 2.24) is 0 Å². The molecule has 0 unspecified atom stereocenters. The van der Waals surface area contributed by atoms with Gasteiger partial charge in [0, 0.05) is 15.7 Å². The molecule has 0 atom stereocenters. The van der Waals surface area contributed by atoms with Crippen LogP contribution in [0.5, 0.6) is 5.75 Å². The fraction of sp³-hybridized carbons (Fsp3) is 0.143. The van der Waals surface area contributed by atoms with Gasteiger partial charge in [0.15, 0.2) is 5.75 Å². The number of nitrogens with zero attached hydrogens (tertiary/aromatic N) is 1. The largest absolute Gasteiger partial charge is 0.490 e. The summed E-state index contributed by atoms with van der Waals surface area (Å²) in [5.41, 5.74) is -0.00193. The van der Waals surface area contributed by atoms with Gasteiger partial charge in [-0.25, -0.2) is 0 Å². The van der Waals surface area contributed by atoms with E-state index in [9.17, 15) is 10.1 Å².